The fourth-order valence-electron chi connectivity index (χ4n) is 4.20. The lowest BCUT2D eigenvalue weighted by Gasteiger charge is -2.18. The fraction of sp³-hybridized carbons (Fsp3) is 0.519. The maximum Gasteiger partial charge on any atom is 0.303 e. The number of aliphatic carboxylic acids is 1. The summed E-state index contributed by atoms with van der Waals surface area (Å²) < 4.78 is 0. The molecule has 2 nitrogen and oxygen atoms in total. The number of benzene rings is 2. The molecule has 2 aromatic rings. The van der Waals surface area contributed by atoms with Gasteiger partial charge in [-0.25, -0.2) is 0 Å². The minimum absolute atomic E-state index is 0.304. The largest absolute Gasteiger partial charge is 0.481 e. The SMILES string of the molecule is CCCC(CCCCCCC(=O)O)c1ccc(-c2ccccc2CC(C)C)cc1. The molecular weight excluding hydrogens is 356 g/mol. The van der Waals surface area contributed by atoms with E-state index in [9.17, 15) is 4.79 Å². The summed E-state index contributed by atoms with van der Waals surface area (Å²) in [5.74, 6) is 0.586. The van der Waals surface area contributed by atoms with Crippen LogP contribution in [0, 0.1) is 5.92 Å². The van der Waals surface area contributed by atoms with Gasteiger partial charge in [0, 0.05) is 6.42 Å². The number of hydrogen-bond acceptors (Lipinski definition) is 1. The molecule has 0 aliphatic carbocycles. The van der Waals surface area contributed by atoms with E-state index in [1.165, 1.54) is 47.9 Å². The van der Waals surface area contributed by atoms with Gasteiger partial charge in [-0.1, -0.05) is 95.0 Å². The second kappa shape index (κ2) is 12.5. The Labute approximate surface area is 177 Å². The van der Waals surface area contributed by atoms with E-state index >= 15 is 0 Å². The van der Waals surface area contributed by atoms with E-state index in [2.05, 4.69) is 69.3 Å². The van der Waals surface area contributed by atoms with Gasteiger partial charge >= 0.3 is 5.97 Å². The third-order valence-corrected chi connectivity index (χ3v) is 5.67. The van der Waals surface area contributed by atoms with Crippen molar-refractivity contribution >= 4 is 5.97 Å². The average molecular weight is 395 g/mol. The molecule has 0 spiro atoms. The maximum atomic E-state index is 10.6. The predicted octanol–water partition coefficient (Wildman–Crippen LogP) is 7.86. The van der Waals surface area contributed by atoms with Crippen molar-refractivity contribution in [2.45, 2.75) is 84.5 Å². The second-order valence-corrected chi connectivity index (χ2v) is 8.71. The van der Waals surface area contributed by atoms with Crippen molar-refractivity contribution in [1.29, 1.82) is 0 Å². The van der Waals surface area contributed by atoms with Crippen molar-refractivity contribution in [3.63, 3.8) is 0 Å². The molecule has 29 heavy (non-hydrogen) atoms. The minimum atomic E-state index is -0.677. The molecule has 1 N–H and O–H groups in total. The highest BCUT2D eigenvalue weighted by atomic mass is 16.4. The van der Waals surface area contributed by atoms with Crippen LogP contribution in [-0.2, 0) is 11.2 Å². The normalized spacial score (nSPS) is 12.3. The van der Waals surface area contributed by atoms with Crippen LogP contribution in [0.15, 0.2) is 48.5 Å². The molecule has 2 heteroatoms. The standard InChI is InChI=1S/C27H38O2/c1-4-11-22(12-7-5-6-8-15-27(28)29)23-16-18-24(19-17-23)26-14-10-9-13-25(26)20-21(2)3/h9-10,13-14,16-19,21-22H,4-8,11-12,15,20H2,1-3H3,(H,28,29). The average Bonchev–Trinajstić information content (AvgIpc) is 2.70. The summed E-state index contributed by atoms with van der Waals surface area (Å²) >= 11 is 0. The molecule has 1 atom stereocenters. The molecule has 0 aromatic heterocycles. The topological polar surface area (TPSA) is 37.3 Å². The lowest BCUT2D eigenvalue weighted by molar-refractivity contribution is -0.137. The second-order valence-electron chi connectivity index (χ2n) is 8.71. The summed E-state index contributed by atoms with van der Waals surface area (Å²) in [6.45, 7) is 6.81. The van der Waals surface area contributed by atoms with Gasteiger partial charge in [-0.05, 0) is 59.8 Å². The van der Waals surface area contributed by atoms with Crippen LogP contribution in [0.2, 0.25) is 0 Å². The van der Waals surface area contributed by atoms with E-state index in [1.54, 1.807) is 0 Å². The highest BCUT2D eigenvalue weighted by Gasteiger charge is 2.12. The zero-order chi connectivity index (χ0) is 21.1. The first-order valence-electron chi connectivity index (χ1n) is 11.4. The van der Waals surface area contributed by atoms with E-state index < -0.39 is 5.97 Å². The Balaban J connectivity index is 2.00. The van der Waals surface area contributed by atoms with Gasteiger partial charge in [0.2, 0.25) is 0 Å². The Hall–Kier alpha value is -2.09. The predicted molar refractivity (Wildman–Crippen MR) is 123 cm³/mol. The van der Waals surface area contributed by atoms with Gasteiger partial charge in [-0.15, -0.1) is 0 Å². The smallest absolute Gasteiger partial charge is 0.303 e. The van der Waals surface area contributed by atoms with E-state index in [-0.39, 0.29) is 0 Å². The number of rotatable bonds is 13. The molecule has 0 radical (unpaired) electrons. The third kappa shape index (κ3) is 8.04. The lowest BCUT2D eigenvalue weighted by atomic mass is 9.87. The Morgan fingerprint density at radius 3 is 2.24 bits per heavy atom. The van der Waals surface area contributed by atoms with E-state index in [1.807, 2.05) is 0 Å². The van der Waals surface area contributed by atoms with Crippen molar-refractivity contribution in [3.8, 4) is 11.1 Å². The molecule has 0 aliphatic heterocycles. The first-order valence-corrected chi connectivity index (χ1v) is 11.4. The minimum Gasteiger partial charge on any atom is -0.481 e. The molecule has 1 unspecified atom stereocenters. The maximum absolute atomic E-state index is 10.6. The van der Waals surface area contributed by atoms with E-state index in [4.69, 9.17) is 5.11 Å². The van der Waals surface area contributed by atoms with Gasteiger partial charge in [0.1, 0.15) is 0 Å². The number of carboxylic acids is 1. The van der Waals surface area contributed by atoms with Gasteiger partial charge in [0.25, 0.3) is 0 Å². The molecular formula is C27H38O2. The quantitative estimate of drug-likeness (QED) is 0.351. The Bertz CT molecular complexity index is 730. The molecule has 158 valence electrons. The highest BCUT2D eigenvalue weighted by molar-refractivity contribution is 5.68. The van der Waals surface area contributed by atoms with Crippen molar-refractivity contribution in [2.75, 3.05) is 0 Å². The molecule has 0 saturated carbocycles. The first-order chi connectivity index (χ1) is 14.0. The molecule has 0 heterocycles. The van der Waals surface area contributed by atoms with Crippen LogP contribution >= 0.6 is 0 Å². The van der Waals surface area contributed by atoms with Gasteiger partial charge in [0.05, 0.1) is 0 Å². The van der Waals surface area contributed by atoms with Crippen LogP contribution < -0.4 is 0 Å². The van der Waals surface area contributed by atoms with Gasteiger partial charge < -0.3 is 5.11 Å². The van der Waals surface area contributed by atoms with Crippen LogP contribution in [0.25, 0.3) is 11.1 Å². The summed E-state index contributed by atoms with van der Waals surface area (Å²) in [5.41, 5.74) is 5.55. The lowest BCUT2D eigenvalue weighted by Crippen LogP contribution is -2.00. The zero-order valence-electron chi connectivity index (χ0n) is 18.5. The molecule has 2 rings (SSSR count). The summed E-state index contributed by atoms with van der Waals surface area (Å²) in [7, 11) is 0. The number of unbranched alkanes of at least 4 members (excludes halogenated alkanes) is 3. The van der Waals surface area contributed by atoms with Crippen molar-refractivity contribution in [3.05, 3.63) is 59.7 Å². The van der Waals surface area contributed by atoms with Crippen LogP contribution in [0.3, 0.4) is 0 Å². The Morgan fingerprint density at radius 1 is 0.897 bits per heavy atom. The van der Waals surface area contributed by atoms with Gasteiger partial charge in [-0.2, -0.15) is 0 Å². The number of carbonyl (C=O) groups is 1. The monoisotopic (exact) mass is 394 g/mol. The first kappa shape index (κ1) is 23.2. The van der Waals surface area contributed by atoms with Crippen LogP contribution in [0.5, 0.6) is 0 Å². The van der Waals surface area contributed by atoms with Crippen molar-refractivity contribution < 1.29 is 9.90 Å². The Kier molecular flexibility index (Phi) is 9.97. The summed E-state index contributed by atoms with van der Waals surface area (Å²) in [6.07, 6.45) is 9.17. The number of carboxylic acid groups (broad SMARTS) is 1. The molecule has 0 amide bonds. The third-order valence-electron chi connectivity index (χ3n) is 5.67. The van der Waals surface area contributed by atoms with Crippen molar-refractivity contribution in [1.82, 2.24) is 0 Å². The molecule has 0 aliphatic rings. The van der Waals surface area contributed by atoms with E-state index in [0.29, 0.717) is 18.3 Å². The van der Waals surface area contributed by atoms with Crippen molar-refractivity contribution in [2.24, 2.45) is 5.92 Å². The molecule has 0 bridgehead atoms. The molecule has 0 saturated heterocycles. The summed E-state index contributed by atoms with van der Waals surface area (Å²) in [5, 5.41) is 8.74. The number of hydrogen-bond donors (Lipinski definition) is 1. The van der Waals surface area contributed by atoms with Gasteiger partial charge in [0.15, 0.2) is 0 Å². The van der Waals surface area contributed by atoms with Crippen LogP contribution in [0.1, 0.15) is 89.2 Å². The van der Waals surface area contributed by atoms with Crippen LogP contribution in [-0.4, -0.2) is 11.1 Å². The summed E-state index contributed by atoms with van der Waals surface area (Å²) in [6, 6.07) is 18.0. The molecule has 0 fully saturated rings. The highest BCUT2D eigenvalue weighted by Crippen LogP contribution is 2.31. The fourth-order valence-corrected chi connectivity index (χ4v) is 4.20. The van der Waals surface area contributed by atoms with Crippen LogP contribution in [0.4, 0.5) is 0 Å². The van der Waals surface area contributed by atoms with Gasteiger partial charge in [-0.3, -0.25) is 4.79 Å². The Morgan fingerprint density at radius 2 is 1.59 bits per heavy atom. The van der Waals surface area contributed by atoms with E-state index in [0.717, 1.165) is 25.7 Å². The molecule has 2 aromatic carbocycles. The summed E-state index contributed by atoms with van der Waals surface area (Å²) in [4.78, 5) is 10.6. The zero-order valence-corrected chi connectivity index (χ0v) is 18.5.